The number of aliphatic carboxylic acids is 1. The van der Waals surface area contributed by atoms with Crippen LogP contribution in [0.2, 0.25) is 0 Å². The maximum atomic E-state index is 14.5. The number of allylic oxidation sites excluding steroid dienone is 1. The number of aryl methyl sites for hydroxylation is 1. The zero-order valence-electron chi connectivity index (χ0n) is 28.4. The molecule has 3 N–H and O–H groups in total. The van der Waals surface area contributed by atoms with Gasteiger partial charge in [0.1, 0.15) is 45.5 Å². The molecule has 1 saturated carbocycles. The molecule has 1 aromatic carbocycles. The van der Waals surface area contributed by atoms with Crippen LogP contribution >= 0.6 is 11.3 Å². The van der Waals surface area contributed by atoms with Crippen LogP contribution in [-0.4, -0.2) is 89.5 Å². The van der Waals surface area contributed by atoms with Crippen molar-refractivity contribution in [1.29, 1.82) is 0 Å². The number of carbonyl (C=O) groups excluding carboxylic acids is 3. The van der Waals surface area contributed by atoms with Gasteiger partial charge in [-0.05, 0) is 62.1 Å². The second kappa shape index (κ2) is 14.1. The van der Waals surface area contributed by atoms with Crippen LogP contribution in [0.1, 0.15) is 61.5 Å². The van der Waals surface area contributed by atoms with Gasteiger partial charge in [-0.25, -0.2) is 9.78 Å². The van der Waals surface area contributed by atoms with E-state index in [1.54, 1.807) is 43.3 Å². The molecule has 266 valence electrons. The molecule has 2 aliphatic heterocycles. The van der Waals surface area contributed by atoms with Crippen LogP contribution in [0.15, 0.2) is 66.3 Å². The lowest BCUT2D eigenvalue weighted by Crippen LogP contribution is -2.56. The third-order valence-corrected chi connectivity index (χ3v) is 10.9. The minimum atomic E-state index is -1.44. The molecule has 51 heavy (non-hydrogen) atoms. The number of nitrogens with one attached hydrogen (secondary N) is 2. The van der Waals surface area contributed by atoms with E-state index < -0.39 is 47.4 Å². The maximum absolute atomic E-state index is 14.5. The fourth-order valence-corrected chi connectivity index (χ4v) is 7.71. The molecule has 5 heterocycles. The molecule has 3 aliphatic rings. The van der Waals surface area contributed by atoms with E-state index in [-0.39, 0.29) is 25.3 Å². The lowest BCUT2D eigenvalue weighted by molar-refractivity contribution is -0.145. The quantitative estimate of drug-likeness (QED) is 0.241. The monoisotopic (exact) mass is 712 g/mol. The van der Waals surface area contributed by atoms with Crippen molar-refractivity contribution in [2.45, 2.75) is 68.6 Å². The fourth-order valence-electron chi connectivity index (χ4n) is 7.09. The molecule has 0 unspecified atom stereocenters. The van der Waals surface area contributed by atoms with Crippen LogP contribution in [0.4, 0.5) is 0 Å². The molecule has 4 aromatic rings. The summed E-state index contributed by atoms with van der Waals surface area (Å²) in [5.41, 5.74) is 0.888. The first-order chi connectivity index (χ1) is 24.7. The van der Waals surface area contributed by atoms with Gasteiger partial charge in [-0.3, -0.25) is 14.4 Å². The molecule has 0 radical (unpaired) electrons. The number of thiazole rings is 1. The van der Waals surface area contributed by atoms with E-state index in [0.29, 0.717) is 40.7 Å². The summed E-state index contributed by atoms with van der Waals surface area (Å²) >= 11 is 1.42. The maximum Gasteiger partial charge on any atom is 0.330 e. The number of carboxylic acid groups (broad SMARTS) is 1. The number of nitrogens with zero attached hydrogens (tertiary/aromatic N) is 6. The second-order valence-electron chi connectivity index (χ2n) is 13.4. The Bertz CT molecular complexity index is 1950. The molecule has 14 nitrogen and oxygen atoms in total. The number of carboxylic acids is 1. The van der Waals surface area contributed by atoms with Crippen molar-refractivity contribution >= 4 is 35.0 Å². The second-order valence-corrected chi connectivity index (χ2v) is 14.2. The zero-order chi connectivity index (χ0) is 35.7. The number of aromatic nitrogens is 5. The van der Waals surface area contributed by atoms with E-state index in [1.807, 2.05) is 41.8 Å². The average molecular weight is 713 g/mol. The van der Waals surface area contributed by atoms with Gasteiger partial charge in [0.2, 0.25) is 11.8 Å². The van der Waals surface area contributed by atoms with Crippen LogP contribution in [0.5, 0.6) is 5.75 Å². The number of benzene rings is 1. The first-order valence-electron chi connectivity index (χ1n) is 17.1. The molecule has 5 atom stereocenters. The summed E-state index contributed by atoms with van der Waals surface area (Å²) in [5, 5.41) is 28.3. The Balaban J connectivity index is 1.24. The Labute approximate surface area is 298 Å². The number of fused-ring (bicyclic) bond motifs is 2. The number of rotatable bonds is 7. The largest absolute Gasteiger partial charge is 0.497 e. The van der Waals surface area contributed by atoms with Crippen LogP contribution < -0.4 is 15.4 Å². The fraction of sp³-hybridized carbons (Fsp3) is 0.417. The molecule has 0 spiro atoms. The Morgan fingerprint density at radius 3 is 2.61 bits per heavy atom. The summed E-state index contributed by atoms with van der Waals surface area (Å²) in [6, 6.07) is 8.40. The van der Waals surface area contributed by atoms with Gasteiger partial charge in [-0.1, -0.05) is 25.0 Å². The average Bonchev–Trinajstić information content (AvgIpc) is 3.73. The van der Waals surface area contributed by atoms with E-state index in [0.717, 1.165) is 24.8 Å². The minimum Gasteiger partial charge on any atom is -0.497 e. The summed E-state index contributed by atoms with van der Waals surface area (Å²) in [5.74, 6) is -2.13. The molecular weight excluding hydrogens is 673 g/mol. The van der Waals surface area contributed by atoms with Crippen LogP contribution in [0.3, 0.4) is 0 Å². The number of ether oxygens (including phenoxy) is 1. The van der Waals surface area contributed by atoms with Crippen molar-refractivity contribution in [2.24, 2.45) is 13.0 Å². The van der Waals surface area contributed by atoms with Gasteiger partial charge in [0.15, 0.2) is 0 Å². The molecule has 2 fully saturated rings. The normalized spacial score (nSPS) is 25.9. The lowest BCUT2D eigenvalue weighted by atomic mass is 10.0. The van der Waals surface area contributed by atoms with E-state index in [2.05, 4.69) is 15.6 Å². The highest BCUT2D eigenvalue weighted by molar-refractivity contribution is 7.13. The highest BCUT2D eigenvalue weighted by atomic mass is 32.1. The van der Waals surface area contributed by atoms with Gasteiger partial charge in [-0.2, -0.15) is 9.90 Å². The SMILES string of the molecule is COc1ccc(-c2nn([C@@H]3C[C@H]4C(=O)N[C@]5(C(=O)O)C[C@@H]5/C=C\CCCCC[C@H](NC(=O)c5cccn5C)C(=O)N4C3)nc2-c2nccs2)cc1. The molecule has 15 heteroatoms. The van der Waals surface area contributed by atoms with Gasteiger partial charge in [0, 0.05) is 49.3 Å². The highest BCUT2D eigenvalue weighted by Gasteiger charge is 2.61. The predicted molar refractivity (Wildman–Crippen MR) is 188 cm³/mol. The summed E-state index contributed by atoms with van der Waals surface area (Å²) in [4.78, 5) is 62.1. The summed E-state index contributed by atoms with van der Waals surface area (Å²) in [7, 11) is 3.35. The lowest BCUT2D eigenvalue weighted by Gasteiger charge is -2.29. The van der Waals surface area contributed by atoms with E-state index in [1.165, 1.54) is 21.0 Å². The zero-order valence-corrected chi connectivity index (χ0v) is 29.2. The van der Waals surface area contributed by atoms with Crippen molar-refractivity contribution in [1.82, 2.24) is 40.1 Å². The number of hydrogen-bond acceptors (Lipinski definition) is 9. The molecule has 1 aliphatic carbocycles. The van der Waals surface area contributed by atoms with Gasteiger partial charge >= 0.3 is 5.97 Å². The third kappa shape index (κ3) is 6.77. The van der Waals surface area contributed by atoms with E-state index in [9.17, 15) is 24.3 Å². The molecule has 3 amide bonds. The van der Waals surface area contributed by atoms with Crippen LogP contribution in [0, 0.1) is 5.92 Å². The Morgan fingerprint density at radius 1 is 1.10 bits per heavy atom. The molecule has 7 rings (SSSR count). The van der Waals surface area contributed by atoms with Crippen LogP contribution in [0.25, 0.3) is 22.0 Å². The standard InChI is InChI=1S/C36H40N8O6S/c1-42-17-8-11-27(42)31(45)38-26-10-7-5-3-4-6-9-23-20-36(23,35(48)49)39-32(46)28-19-24(21-43(28)34(26)47)44-40-29(22-12-14-25(50-2)15-13-22)30(41-44)33-37-16-18-51-33/h6,8-9,11-18,23-24,26,28H,3-5,7,10,19-21H2,1-2H3,(H,38,45)(H,39,46)(H,48,49)/b9-6-/t23-,24+,26-,28-,36+/m0/s1. The van der Waals surface area contributed by atoms with Gasteiger partial charge in [0.25, 0.3) is 5.91 Å². The van der Waals surface area contributed by atoms with Crippen molar-refractivity contribution in [3.05, 3.63) is 72.0 Å². The number of amides is 3. The van der Waals surface area contributed by atoms with Crippen molar-refractivity contribution in [3.63, 3.8) is 0 Å². The first kappa shape index (κ1) is 34.2. The van der Waals surface area contributed by atoms with Crippen molar-refractivity contribution in [3.8, 4) is 27.7 Å². The summed E-state index contributed by atoms with van der Waals surface area (Å²) in [6.45, 7) is 0.0743. The van der Waals surface area contributed by atoms with Gasteiger partial charge in [-0.15, -0.1) is 16.4 Å². The highest BCUT2D eigenvalue weighted by Crippen LogP contribution is 2.46. The van der Waals surface area contributed by atoms with Crippen LogP contribution in [-0.2, 0) is 21.4 Å². The molecule has 3 aromatic heterocycles. The molecule has 0 bridgehead atoms. The number of hydrogen-bond donors (Lipinski definition) is 3. The Hall–Kier alpha value is -5.31. The first-order valence-corrected chi connectivity index (χ1v) is 18.0. The minimum absolute atomic E-state index is 0.0743. The summed E-state index contributed by atoms with van der Waals surface area (Å²) in [6.07, 6.45) is 11.2. The van der Waals surface area contributed by atoms with Crippen molar-refractivity contribution in [2.75, 3.05) is 13.7 Å². The number of carbonyl (C=O) groups is 4. The van der Waals surface area contributed by atoms with E-state index in [4.69, 9.17) is 14.9 Å². The van der Waals surface area contributed by atoms with Gasteiger partial charge < -0.3 is 29.9 Å². The molecule has 1 saturated heterocycles. The van der Waals surface area contributed by atoms with Gasteiger partial charge in [0.05, 0.1) is 13.2 Å². The number of methoxy groups -OCH3 is 1. The third-order valence-electron chi connectivity index (χ3n) is 10.1. The topological polar surface area (TPSA) is 174 Å². The molecular formula is C36H40N8O6S. The Kier molecular flexibility index (Phi) is 9.46. The van der Waals surface area contributed by atoms with Crippen molar-refractivity contribution < 1.29 is 29.0 Å². The predicted octanol–water partition coefficient (Wildman–Crippen LogP) is 3.84. The van der Waals surface area contributed by atoms with E-state index >= 15 is 0 Å². The Morgan fingerprint density at radius 2 is 1.90 bits per heavy atom. The summed E-state index contributed by atoms with van der Waals surface area (Å²) < 4.78 is 7.02. The smallest absolute Gasteiger partial charge is 0.330 e.